The fourth-order valence-electron chi connectivity index (χ4n) is 2.44. The highest BCUT2D eigenvalue weighted by molar-refractivity contribution is 5.47. The van der Waals surface area contributed by atoms with Crippen LogP contribution in [0, 0.1) is 11.7 Å². The average Bonchev–Trinajstić information content (AvgIpc) is 2.28. The number of hydrogen-bond donors (Lipinski definition) is 1. The zero-order valence-electron chi connectivity index (χ0n) is 9.91. The van der Waals surface area contributed by atoms with Gasteiger partial charge in [-0.1, -0.05) is 13.0 Å². The Labute approximate surface area is 96.5 Å². The third kappa shape index (κ3) is 2.53. The quantitative estimate of drug-likeness (QED) is 0.825. The molecule has 1 heterocycles. The molecule has 1 aromatic carbocycles. The lowest BCUT2D eigenvalue weighted by molar-refractivity contribution is 0.366. The first-order chi connectivity index (χ1) is 7.69. The number of likely N-dealkylation sites (N-methyl/N-ethyl adjacent to an activating group) is 1. The van der Waals surface area contributed by atoms with Crippen molar-refractivity contribution in [2.45, 2.75) is 19.4 Å². The Hall–Kier alpha value is -1.09. The highest BCUT2D eigenvalue weighted by Gasteiger charge is 2.23. The normalized spacial score (nSPS) is 25.8. The molecule has 1 aromatic rings. The first-order valence-corrected chi connectivity index (χ1v) is 5.87. The van der Waals surface area contributed by atoms with Gasteiger partial charge in [0.2, 0.25) is 0 Å². The Bertz CT molecular complexity index is 354. The largest absolute Gasteiger partial charge is 0.370 e. The number of hydrogen-bond acceptors (Lipinski definition) is 2. The van der Waals surface area contributed by atoms with Gasteiger partial charge in [0.25, 0.3) is 0 Å². The Morgan fingerprint density at radius 3 is 2.88 bits per heavy atom. The van der Waals surface area contributed by atoms with Crippen LogP contribution in [-0.4, -0.2) is 26.2 Å². The molecule has 0 spiro atoms. The zero-order chi connectivity index (χ0) is 11.5. The third-order valence-corrected chi connectivity index (χ3v) is 3.24. The van der Waals surface area contributed by atoms with Crippen LogP contribution >= 0.6 is 0 Å². The van der Waals surface area contributed by atoms with Gasteiger partial charge in [-0.2, -0.15) is 0 Å². The minimum Gasteiger partial charge on any atom is -0.370 e. The minimum absolute atomic E-state index is 0.156. The summed E-state index contributed by atoms with van der Waals surface area (Å²) in [5.41, 5.74) is 0.992. The number of anilines is 1. The molecule has 0 amide bonds. The first-order valence-electron chi connectivity index (χ1n) is 5.87. The molecule has 1 saturated heterocycles. The fourth-order valence-corrected chi connectivity index (χ4v) is 2.44. The second-order valence-electron chi connectivity index (χ2n) is 4.71. The van der Waals surface area contributed by atoms with E-state index in [0.29, 0.717) is 12.0 Å². The van der Waals surface area contributed by atoms with E-state index in [1.165, 1.54) is 12.5 Å². The van der Waals surface area contributed by atoms with Crippen molar-refractivity contribution >= 4 is 5.69 Å². The van der Waals surface area contributed by atoms with Crippen LogP contribution in [0.5, 0.6) is 0 Å². The molecule has 2 nitrogen and oxygen atoms in total. The monoisotopic (exact) mass is 222 g/mol. The summed E-state index contributed by atoms with van der Waals surface area (Å²) in [4.78, 5) is 2.26. The minimum atomic E-state index is -0.156. The van der Waals surface area contributed by atoms with Gasteiger partial charge in [-0.05, 0) is 37.6 Å². The maximum absolute atomic E-state index is 13.2. The Morgan fingerprint density at radius 1 is 1.38 bits per heavy atom. The fraction of sp³-hybridized carbons (Fsp3) is 0.538. The molecule has 0 radical (unpaired) electrons. The molecule has 2 atom stereocenters. The van der Waals surface area contributed by atoms with E-state index in [-0.39, 0.29) is 5.82 Å². The summed E-state index contributed by atoms with van der Waals surface area (Å²) in [5.74, 6) is 0.492. The maximum atomic E-state index is 13.2. The van der Waals surface area contributed by atoms with E-state index in [0.717, 1.165) is 18.8 Å². The number of rotatable bonds is 2. The van der Waals surface area contributed by atoms with Crippen LogP contribution < -0.4 is 10.2 Å². The Balaban J connectivity index is 2.14. The summed E-state index contributed by atoms with van der Waals surface area (Å²) in [7, 11) is 1.99. The highest BCUT2D eigenvalue weighted by Crippen LogP contribution is 2.23. The number of halogens is 1. The van der Waals surface area contributed by atoms with Crippen LogP contribution in [0.15, 0.2) is 24.3 Å². The van der Waals surface area contributed by atoms with Crippen LogP contribution in [0.4, 0.5) is 10.1 Å². The van der Waals surface area contributed by atoms with Crippen LogP contribution in [-0.2, 0) is 0 Å². The van der Waals surface area contributed by atoms with E-state index >= 15 is 0 Å². The molecule has 1 aliphatic rings. The van der Waals surface area contributed by atoms with Crippen molar-refractivity contribution < 1.29 is 4.39 Å². The van der Waals surface area contributed by atoms with E-state index in [1.54, 1.807) is 12.1 Å². The highest BCUT2D eigenvalue weighted by atomic mass is 19.1. The number of piperidine rings is 1. The standard InChI is InChI=1S/C13H19FN2/c1-10-6-12(15-2)9-16(8-10)13-5-3-4-11(14)7-13/h3-5,7,10,12,15H,6,8-9H2,1-2H3. The molecule has 88 valence electrons. The van der Waals surface area contributed by atoms with E-state index in [1.807, 2.05) is 13.1 Å². The molecule has 16 heavy (non-hydrogen) atoms. The predicted octanol–water partition coefficient (Wildman–Crippen LogP) is 2.26. The third-order valence-electron chi connectivity index (χ3n) is 3.24. The summed E-state index contributed by atoms with van der Waals surface area (Å²) in [5, 5.41) is 3.31. The lowest BCUT2D eigenvalue weighted by Gasteiger charge is -2.37. The molecule has 1 N–H and O–H groups in total. The van der Waals surface area contributed by atoms with Gasteiger partial charge in [0.05, 0.1) is 0 Å². The molecular formula is C13H19FN2. The molecule has 0 aromatic heterocycles. The summed E-state index contributed by atoms with van der Waals surface area (Å²) in [6, 6.07) is 7.37. The van der Waals surface area contributed by atoms with Crippen molar-refractivity contribution in [2.24, 2.45) is 5.92 Å². The van der Waals surface area contributed by atoms with Gasteiger partial charge in [-0.25, -0.2) is 4.39 Å². The average molecular weight is 222 g/mol. The van der Waals surface area contributed by atoms with Gasteiger partial charge >= 0.3 is 0 Å². The molecule has 1 aliphatic heterocycles. The van der Waals surface area contributed by atoms with Crippen molar-refractivity contribution in [3.63, 3.8) is 0 Å². The number of nitrogens with zero attached hydrogens (tertiary/aromatic N) is 1. The van der Waals surface area contributed by atoms with Gasteiger partial charge in [0, 0.05) is 24.8 Å². The summed E-state index contributed by atoms with van der Waals surface area (Å²) < 4.78 is 13.2. The van der Waals surface area contributed by atoms with Gasteiger partial charge in [0.15, 0.2) is 0 Å². The van der Waals surface area contributed by atoms with E-state index < -0.39 is 0 Å². The van der Waals surface area contributed by atoms with Crippen LogP contribution in [0.3, 0.4) is 0 Å². The van der Waals surface area contributed by atoms with Gasteiger partial charge in [-0.15, -0.1) is 0 Å². The number of nitrogens with one attached hydrogen (secondary N) is 1. The van der Waals surface area contributed by atoms with Crippen LogP contribution in [0.1, 0.15) is 13.3 Å². The Morgan fingerprint density at radius 2 is 2.19 bits per heavy atom. The van der Waals surface area contributed by atoms with Gasteiger partial charge in [-0.3, -0.25) is 0 Å². The van der Waals surface area contributed by atoms with Crippen LogP contribution in [0.2, 0.25) is 0 Å². The van der Waals surface area contributed by atoms with Gasteiger partial charge < -0.3 is 10.2 Å². The summed E-state index contributed by atoms with van der Waals surface area (Å²) in [6.07, 6.45) is 1.20. The summed E-state index contributed by atoms with van der Waals surface area (Å²) in [6.45, 7) is 4.22. The first kappa shape index (κ1) is 11.4. The number of benzene rings is 1. The molecule has 2 unspecified atom stereocenters. The van der Waals surface area contributed by atoms with E-state index in [9.17, 15) is 4.39 Å². The van der Waals surface area contributed by atoms with Gasteiger partial charge in [0.1, 0.15) is 5.82 Å². The molecular weight excluding hydrogens is 203 g/mol. The van der Waals surface area contributed by atoms with E-state index in [4.69, 9.17) is 0 Å². The molecule has 0 aliphatic carbocycles. The molecule has 0 saturated carbocycles. The smallest absolute Gasteiger partial charge is 0.125 e. The van der Waals surface area contributed by atoms with Crippen molar-refractivity contribution in [2.75, 3.05) is 25.0 Å². The maximum Gasteiger partial charge on any atom is 0.125 e. The van der Waals surface area contributed by atoms with Crippen molar-refractivity contribution in [3.05, 3.63) is 30.1 Å². The van der Waals surface area contributed by atoms with Crippen molar-refractivity contribution in [1.82, 2.24) is 5.32 Å². The second-order valence-corrected chi connectivity index (χ2v) is 4.71. The van der Waals surface area contributed by atoms with E-state index in [2.05, 4.69) is 17.1 Å². The van der Waals surface area contributed by atoms with Crippen molar-refractivity contribution in [3.8, 4) is 0 Å². The topological polar surface area (TPSA) is 15.3 Å². The predicted molar refractivity (Wildman–Crippen MR) is 65.2 cm³/mol. The van der Waals surface area contributed by atoms with Crippen molar-refractivity contribution in [1.29, 1.82) is 0 Å². The molecule has 3 heteroatoms. The summed E-state index contributed by atoms with van der Waals surface area (Å²) >= 11 is 0. The molecule has 2 rings (SSSR count). The lowest BCUT2D eigenvalue weighted by atomic mass is 9.95. The molecule has 0 bridgehead atoms. The second kappa shape index (κ2) is 4.83. The SMILES string of the molecule is CNC1CC(C)CN(c2cccc(F)c2)C1. The molecule has 1 fully saturated rings. The van der Waals surface area contributed by atoms with Crippen LogP contribution in [0.25, 0.3) is 0 Å². The zero-order valence-corrected chi connectivity index (χ0v) is 9.91. The Kier molecular flexibility index (Phi) is 3.44. The lowest BCUT2D eigenvalue weighted by Crippen LogP contribution is -2.47.